The van der Waals surface area contributed by atoms with E-state index in [0.29, 0.717) is 11.6 Å². The van der Waals surface area contributed by atoms with E-state index in [4.69, 9.17) is 20.0 Å². The zero-order valence-corrected chi connectivity index (χ0v) is 18.4. The van der Waals surface area contributed by atoms with E-state index in [0.717, 1.165) is 22.8 Å². The second-order valence-corrected chi connectivity index (χ2v) is 9.37. The van der Waals surface area contributed by atoms with Crippen molar-refractivity contribution in [1.29, 1.82) is 0 Å². The third kappa shape index (κ3) is 2.67. The lowest BCUT2D eigenvalue weighted by Crippen LogP contribution is -2.33. The van der Waals surface area contributed by atoms with Gasteiger partial charge in [-0.2, -0.15) is 0 Å². The Balaban J connectivity index is 1.86. The molecule has 3 heterocycles. The highest BCUT2D eigenvalue weighted by atomic mass is 15.1. The Bertz CT molecular complexity index is 1150. The minimum atomic E-state index is -0.281. The van der Waals surface area contributed by atoms with Gasteiger partial charge in [0.05, 0.1) is 22.8 Å². The summed E-state index contributed by atoms with van der Waals surface area (Å²) in [6.45, 7) is 12.9. The van der Waals surface area contributed by atoms with Crippen molar-refractivity contribution >= 4 is 22.8 Å². The molecule has 0 aliphatic carbocycles. The molecule has 3 aliphatic heterocycles. The van der Waals surface area contributed by atoms with Crippen molar-refractivity contribution in [2.45, 2.75) is 52.4 Å². The Hall–Kier alpha value is -3.14. The standard InChI is InChI=1S/C26H26N4/c1-15-21-25(3,4)19-11-7-9-17(13-19)18-10-8-12-20(14-18)26(5,6)22-16(2)28-24(30-22)23(27-15)29-21/h7-14H,1-6H3/b24-23-. The molecule has 0 saturated carbocycles. The first-order valence-corrected chi connectivity index (χ1v) is 10.4. The van der Waals surface area contributed by atoms with Crippen molar-refractivity contribution in [1.82, 2.24) is 0 Å². The Morgan fingerprint density at radius 2 is 0.967 bits per heavy atom. The second kappa shape index (κ2) is 6.18. The highest BCUT2D eigenvalue weighted by molar-refractivity contribution is 6.47. The minimum Gasteiger partial charge on any atom is -0.229 e. The molecule has 0 aromatic heterocycles. The maximum atomic E-state index is 4.93. The lowest BCUT2D eigenvalue weighted by atomic mass is 9.76. The zero-order chi connectivity index (χ0) is 21.3. The normalized spacial score (nSPS) is 23.3. The van der Waals surface area contributed by atoms with Crippen LogP contribution in [0.5, 0.6) is 0 Å². The average Bonchev–Trinajstić information content (AvgIpc) is 3.31. The van der Waals surface area contributed by atoms with Crippen LogP contribution in [0.3, 0.4) is 0 Å². The van der Waals surface area contributed by atoms with Crippen LogP contribution in [0.1, 0.15) is 52.7 Å². The molecular formula is C26H26N4. The first-order valence-electron chi connectivity index (χ1n) is 10.4. The molecular weight excluding hydrogens is 368 g/mol. The van der Waals surface area contributed by atoms with Crippen LogP contribution in [0, 0.1) is 0 Å². The molecule has 8 bridgehead atoms. The number of fused-ring (bicyclic) bond motifs is 7. The Morgan fingerprint density at radius 3 is 1.37 bits per heavy atom. The van der Waals surface area contributed by atoms with Crippen LogP contribution in [0.4, 0.5) is 0 Å². The quantitative estimate of drug-likeness (QED) is 0.536. The van der Waals surface area contributed by atoms with Gasteiger partial charge in [-0.05, 0) is 36.1 Å². The molecule has 4 nitrogen and oxygen atoms in total. The second-order valence-electron chi connectivity index (χ2n) is 9.37. The van der Waals surface area contributed by atoms with Crippen LogP contribution in [-0.4, -0.2) is 22.8 Å². The fraction of sp³-hybridized carbons (Fsp3) is 0.308. The molecule has 30 heavy (non-hydrogen) atoms. The van der Waals surface area contributed by atoms with Crippen molar-refractivity contribution in [3.63, 3.8) is 0 Å². The van der Waals surface area contributed by atoms with Gasteiger partial charge in [0, 0.05) is 10.8 Å². The van der Waals surface area contributed by atoms with Crippen molar-refractivity contribution in [2.75, 3.05) is 0 Å². The number of nitrogens with zero attached hydrogens (tertiary/aromatic N) is 4. The largest absolute Gasteiger partial charge is 0.229 e. The van der Waals surface area contributed by atoms with Gasteiger partial charge < -0.3 is 0 Å². The molecule has 0 saturated heterocycles. The van der Waals surface area contributed by atoms with Crippen LogP contribution in [-0.2, 0) is 10.8 Å². The third-order valence-corrected chi connectivity index (χ3v) is 6.55. The predicted octanol–water partition coefficient (Wildman–Crippen LogP) is 5.88. The van der Waals surface area contributed by atoms with Crippen LogP contribution >= 0.6 is 0 Å². The van der Waals surface area contributed by atoms with E-state index in [1.165, 1.54) is 22.3 Å². The first kappa shape index (κ1) is 18.9. The van der Waals surface area contributed by atoms with Gasteiger partial charge in [-0.25, -0.2) is 20.0 Å². The van der Waals surface area contributed by atoms with Gasteiger partial charge >= 0.3 is 0 Å². The van der Waals surface area contributed by atoms with Crippen molar-refractivity contribution in [3.05, 3.63) is 71.3 Å². The maximum absolute atomic E-state index is 4.93. The SMILES string of the molecule is CC1=N/C2=C3\N=C(C)C(=N3)C(C)(C)c3cccc(c3)-c3cccc(c3)C(C)(C)C1=N2. The smallest absolute Gasteiger partial charge is 0.198 e. The van der Waals surface area contributed by atoms with E-state index in [2.05, 4.69) is 76.2 Å². The lowest BCUT2D eigenvalue weighted by molar-refractivity contribution is 0.723. The van der Waals surface area contributed by atoms with Gasteiger partial charge in [-0.15, -0.1) is 0 Å². The topological polar surface area (TPSA) is 49.4 Å². The summed E-state index contributed by atoms with van der Waals surface area (Å²) in [5.41, 5.74) is 8.10. The molecule has 4 heteroatoms. The van der Waals surface area contributed by atoms with Crippen LogP contribution in [0.2, 0.25) is 0 Å². The number of rotatable bonds is 0. The van der Waals surface area contributed by atoms with Crippen molar-refractivity contribution in [3.8, 4) is 11.1 Å². The Kier molecular flexibility index (Phi) is 3.88. The van der Waals surface area contributed by atoms with Crippen LogP contribution in [0.15, 0.2) is 80.1 Å². The summed E-state index contributed by atoms with van der Waals surface area (Å²) in [4.78, 5) is 19.4. The van der Waals surface area contributed by atoms with E-state index in [9.17, 15) is 0 Å². The average molecular weight is 395 g/mol. The van der Waals surface area contributed by atoms with Crippen LogP contribution in [0.25, 0.3) is 11.1 Å². The monoisotopic (exact) mass is 394 g/mol. The maximum Gasteiger partial charge on any atom is 0.198 e. The summed E-state index contributed by atoms with van der Waals surface area (Å²) in [7, 11) is 0. The highest BCUT2D eigenvalue weighted by Gasteiger charge is 2.36. The van der Waals surface area contributed by atoms with Crippen LogP contribution < -0.4 is 0 Å². The Morgan fingerprint density at radius 1 is 0.567 bits per heavy atom. The fourth-order valence-electron chi connectivity index (χ4n) is 4.68. The number of aliphatic imine (C=N–C) groups is 4. The molecule has 0 atom stereocenters. The summed E-state index contributed by atoms with van der Waals surface area (Å²) in [6.07, 6.45) is 0. The molecule has 0 unspecified atom stereocenters. The molecule has 5 rings (SSSR count). The zero-order valence-electron chi connectivity index (χ0n) is 18.4. The first-order chi connectivity index (χ1) is 14.2. The van der Waals surface area contributed by atoms with E-state index in [1.807, 2.05) is 13.8 Å². The van der Waals surface area contributed by atoms with Crippen molar-refractivity contribution < 1.29 is 0 Å². The van der Waals surface area contributed by atoms with Gasteiger partial charge in [0.25, 0.3) is 0 Å². The van der Waals surface area contributed by atoms with Gasteiger partial charge in [0.15, 0.2) is 11.6 Å². The van der Waals surface area contributed by atoms with Crippen molar-refractivity contribution in [2.24, 2.45) is 20.0 Å². The summed E-state index contributed by atoms with van der Waals surface area (Å²) in [5.74, 6) is 1.23. The van der Waals surface area contributed by atoms with Gasteiger partial charge in [0.2, 0.25) is 0 Å². The predicted molar refractivity (Wildman–Crippen MR) is 126 cm³/mol. The lowest BCUT2D eigenvalue weighted by Gasteiger charge is -2.27. The highest BCUT2D eigenvalue weighted by Crippen LogP contribution is 2.37. The number of benzene rings is 2. The third-order valence-electron chi connectivity index (χ3n) is 6.55. The molecule has 0 fully saturated rings. The number of hydrogen-bond donors (Lipinski definition) is 0. The summed E-state index contributed by atoms with van der Waals surface area (Å²) in [6, 6.07) is 17.6. The summed E-state index contributed by atoms with van der Waals surface area (Å²) >= 11 is 0. The molecule has 2 aromatic carbocycles. The minimum absolute atomic E-state index is 0.281. The molecule has 0 amide bonds. The van der Waals surface area contributed by atoms with E-state index in [1.54, 1.807) is 0 Å². The molecule has 0 N–H and O–H groups in total. The summed E-state index contributed by atoms with van der Waals surface area (Å²) in [5, 5.41) is 0. The number of hydrogen-bond acceptors (Lipinski definition) is 4. The molecule has 3 aliphatic rings. The molecule has 0 radical (unpaired) electrons. The van der Waals surface area contributed by atoms with E-state index >= 15 is 0 Å². The molecule has 0 spiro atoms. The van der Waals surface area contributed by atoms with Gasteiger partial charge in [-0.1, -0.05) is 76.2 Å². The Labute approximate surface area is 177 Å². The molecule has 2 aromatic rings. The van der Waals surface area contributed by atoms with E-state index < -0.39 is 0 Å². The summed E-state index contributed by atoms with van der Waals surface area (Å²) < 4.78 is 0. The van der Waals surface area contributed by atoms with Gasteiger partial charge in [0.1, 0.15) is 0 Å². The van der Waals surface area contributed by atoms with Gasteiger partial charge in [-0.3, -0.25) is 0 Å². The van der Waals surface area contributed by atoms with E-state index in [-0.39, 0.29) is 10.8 Å². The fourth-order valence-corrected chi connectivity index (χ4v) is 4.68. The molecule has 150 valence electrons.